The van der Waals surface area contributed by atoms with Gasteiger partial charge in [-0.05, 0) is 25.5 Å². The van der Waals surface area contributed by atoms with Gasteiger partial charge >= 0.3 is 0 Å². The lowest BCUT2D eigenvalue weighted by Gasteiger charge is -2.49. The summed E-state index contributed by atoms with van der Waals surface area (Å²) in [6.45, 7) is 5.78. The minimum absolute atomic E-state index is 0.0403. The Morgan fingerprint density at radius 2 is 2.29 bits per heavy atom. The van der Waals surface area contributed by atoms with Gasteiger partial charge in [0.05, 0.1) is 6.10 Å². The molecule has 1 amide bonds. The summed E-state index contributed by atoms with van der Waals surface area (Å²) in [6, 6.07) is 3.50. The lowest BCUT2D eigenvalue weighted by molar-refractivity contribution is -0.0689. The molecule has 1 aliphatic rings. The number of aromatic nitrogens is 1. The van der Waals surface area contributed by atoms with E-state index in [1.54, 1.807) is 18.3 Å². The molecule has 0 bridgehead atoms. The molecule has 1 heterocycles. The number of nitrogens with zero attached hydrogens (tertiary/aromatic N) is 1. The summed E-state index contributed by atoms with van der Waals surface area (Å²) in [5.74, 6) is -0.0968. The molecule has 1 aromatic heterocycles. The number of carbonyl (C=O) groups is 1. The van der Waals surface area contributed by atoms with E-state index >= 15 is 0 Å². The molecule has 17 heavy (non-hydrogen) atoms. The van der Waals surface area contributed by atoms with Gasteiger partial charge in [0, 0.05) is 28.9 Å². The second-order valence-electron chi connectivity index (χ2n) is 5.28. The SMILES string of the molecule is Cc1cc(C(=O)NC2CC(O)C2(C)C)ccn1. The van der Waals surface area contributed by atoms with Crippen LogP contribution < -0.4 is 5.32 Å². The Morgan fingerprint density at radius 1 is 1.59 bits per heavy atom. The van der Waals surface area contributed by atoms with E-state index < -0.39 is 0 Å². The number of carbonyl (C=O) groups excluding carboxylic acids is 1. The number of amides is 1. The smallest absolute Gasteiger partial charge is 0.251 e. The molecule has 2 unspecified atom stereocenters. The van der Waals surface area contributed by atoms with Gasteiger partial charge in [0.2, 0.25) is 0 Å². The maximum Gasteiger partial charge on any atom is 0.251 e. The predicted molar refractivity (Wildman–Crippen MR) is 64.6 cm³/mol. The van der Waals surface area contributed by atoms with E-state index in [9.17, 15) is 9.90 Å². The van der Waals surface area contributed by atoms with Crippen molar-refractivity contribution in [3.8, 4) is 0 Å². The topological polar surface area (TPSA) is 62.2 Å². The summed E-state index contributed by atoms with van der Waals surface area (Å²) in [5, 5.41) is 12.6. The van der Waals surface area contributed by atoms with Crippen molar-refractivity contribution in [1.29, 1.82) is 0 Å². The largest absolute Gasteiger partial charge is 0.392 e. The maximum atomic E-state index is 12.0. The summed E-state index contributed by atoms with van der Waals surface area (Å²) in [4.78, 5) is 16.0. The number of pyridine rings is 1. The van der Waals surface area contributed by atoms with E-state index in [1.165, 1.54) is 0 Å². The van der Waals surface area contributed by atoms with Crippen LogP contribution in [-0.4, -0.2) is 28.1 Å². The molecule has 0 aromatic carbocycles. The van der Waals surface area contributed by atoms with Crippen LogP contribution in [0.1, 0.15) is 36.3 Å². The molecular formula is C13H18N2O2. The fourth-order valence-electron chi connectivity index (χ4n) is 2.08. The van der Waals surface area contributed by atoms with Crippen LogP contribution in [0, 0.1) is 12.3 Å². The molecule has 0 aliphatic heterocycles. The second kappa shape index (κ2) is 4.11. The van der Waals surface area contributed by atoms with Crippen LogP contribution in [0.4, 0.5) is 0 Å². The molecular weight excluding hydrogens is 216 g/mol. The van der Waals surface area contributed by atoms with Crippen molar-refractivity contribution in [2.24, 2.45) is 5.41 Å². The number of nitrogens with one attached hydrogen (secondary N) is 1. The fraction of sp³-hybridized carbons (Fsp3) is 0.538. The van der Waals surface area contributed by atoms with E-state index in [-0.39, 0.29) is 23.5 Å². The van der Waals surface area contributed by atoms with E-state index in [0.717, 1.165) is 5.69 Å². The van der Waals surface area contributed by atoms with Crippen LogP contribution >= 0.6 is 0 Å². The Bertz CT molecular complexity index is 443. The highest BCUT2D eigenvalue weighted by molar-refractivity contribution is 5.94. The van der Waals surface area contributed by atoms with Crippen LogP contribution in [0.2, 0.25) is 0 Å². The van der Waals surface area contributed by atoms with Gasteiger partial charge in [-0.1, -0.05) is 13.8 Å². The van der Waals surface area contributed by atoms with Gasteiger partial charge in [0.15, 0.2) is 0 Å². The molecule has 0 radical (unpaired) electrons. The van der Waals surface area contributed by atoms with Crippen molar-refractivity contribution in [3.05, 3.63) is 29.6 Å². The fourth-order valence-corrected chi connectivity index (χ4v) is 2.08. The number of aliphatic hydroxyl groups is 1. The van der Waals surface area contributed by atoms with Crippen LogP contribution in [0.25, 0.3) is 0 Å². The normalized spacial score (nSPS) is 26.1. The zero-order valence-electron chi connectivity index (χ0n) is 10.4. The Hall–Kier alpha value is -1.42. The van der Waals surface area contributed by atoms with Gasteiger partial charge in [-0.25, -0.2) is 0 Å². The first-order valence-electron chi connectivity index (χ1n) is 5.83. The molecule has 1 fully saturated rings. The van der Waals surface area contributed by atoms with Gasteiger partial charge in [-0.3, -0.25) is 9.78 Å². The molecule has 4 heteroatoms. The summed E-state index contributed by atoms with van der Waals surface area (Å²) in [7, 11) is 0. The first-order valence-corrected chi connectivity index (χ1v) is 5.83. The average molecular weight is 234 g/mol. The van der Waals surface area contributed by atoms with Crippen LogP contribution in [0.15, 0.2) is 18.3 Å². The molecule has 2 rings (SSSR count). The van der Waals surface area contributed by atoms with Crippen molar-refractivity contribution in [3.63, 3.8) is 0 Å². The number of aryl methyl sites for hydroxylation is 1. The summed E-state index contributed by atoms with van der Waals surface area (Å²) in [5.41, 5.74) is 1.21. The first kappa shape index (κ1) is 12.0. The van der Waals surface area contributed by atoms with Gasteiger partial charge < -0.3 is 10.4 Å². The van der Waals surface area contributed by atoms with Crippen LogP contribution in [-0.2, 0) is 0 Å². The molecule has 1 aromatic rings. The quantitative estimate of drug-likeness (QED) is 0.810. The Kier molecular flexibility index (Phi) is 2.91. The van der Waals surface area contributed by atoms with Crippen molar-refractivity contribution in [2.45, 2.75) is 39.3 Å². The monoisotopic (exact) mass is 234 g/mol. The van der Waals surface area contributed by atoms with Crippen LogP contribution in [0.5, 0.6) is 0 Å². The number of rotatable bonds is 2. The van der Waals surface area contributed by atoms with Crippen molar-refractivity contribution in [2.75, 3.05) is 0 Å². The van der Waals surface area contributed by atoms with E-state index in [2.05, 4.69) is 10.3 Å². The summed E-state index contributed by atoms with van der Waals surface area (Å²) >= 11 is 0. The van der Waals surface area contributed by atoms with Crippen molar-refractivity contribution in [1.82, 2.24) is 10.3 Å². The number of aliphatic hydroxyl groups excluding tert-OH is 1. The molecule has 2 N–H and O–H groups in total. The van der Waals surface area contributed by atoms with E-state index in [4.69, 9.17) is 0 Å². The molecule has 2 atom stereocenters. The van der Waals surface area contributed by atoms with Crippen molar-refractivity contribution < 1.29 is 9.90 Å². The molecule has 92 valence electrons. The highest BCUT2D eigenvalue weighted by Crippen LogP contribution is 2.40. The Morgan fingerprint density at radius 3 is 2.82 bits per heavy atom. The lowest BCUT2D eigenvalue weighted by atomic mass is 9.64. The molecule has 1 saturated carbocycles. The maximum absolute atomic E-state index is 12.0. The molecule has 0 spiro atoms. The van der Waals surface area contributed by atoms with Crippen molar-refractivity contribution >= 4 is 5.91 Å². The van der Waals surface area contributed by atoms with Crippen LogP contribution in [0.3, 0.4) is 0 Å². The van der Waals surface area contributed by atoms with Gasteiger partial charge in [0.1, 0.15) is 0 Å². The first-order chi connectivity index (χ1) is 7.91. The van der Waals surface area contributed by atoms with Gasteiger partial charge in [-0.2, -0.15) is 0 Å². The van der Waals surface area contributed by atoms with Gasteiger partial charge in [-0.15, -0.1) is 0 Å². The minimum Gasteiger partial charge on any atom is -0.392 e. The molecule has 0 saturated heterocycles. The zero-order valence-corrected chi connectivity index (χ0v) is 10.4. The summed E-state index contributed by atoms with van der Waals surface area (Å²) in [6.07, 6.45) is 1.93. The zero-order chi connectivity index (χ0) is 12.6. The van der Waals surface area contributed by atoms with E-state index in [0.29, 0.717) is 12.0 Å². The minimum atomic E-state index is -0.327. The standard InChI is InChI=1S/C13H18N2O2/c1-8-6-9(4-5-14-8)12(17)15-10-7-11(16)13(10,2)3/h4-6,10-11,16H,7H2,1-3H3,(H,15,17). The van der Waals surface area contributed by atoms with Gasteiger partial charge in [0.25, 0.3) is 5.91 Å². The third kappa shape index (κ3) is 2.17. The highest BCUT2D eigenvalue weighted by Gasteiger charge is 2.47. The predicted octanol–water partition coefficient (Wildman–Crippen LogP) is 1.28. The van der Waals surface area contributed by atoms with E-state index in [1.807, 2.05) is 20.8 Å². The Labute approximate surface area is 101 Å². The number of hydrogen-bond acceptors (Lipinski definition) is 3. The Balaban J connectivity index is 2.04. The number of hydrogen-bond donors (Lipinski definition) is 2. The third-order valence-electron chi connectivity index (χ3n) is 3.68. The highest BCUT2D eigenvalue weighted by atomic mass is 16.3. The average Bonchev–Trinajstić information content (AvgIpc) is 2.28. The second-order valence-corrected chi connectivity index (χ2v) is 5.28. The lowest BCUT2D eigenvalue weighted by Crippen LogP contribution is -2.61. The molecule has 1 aliphatic carbocycles. The third-order valence-corrected chi connectivity index (χ3v) is 3.68. The molecule has 4 nitrogen and oxygen atoms in total. The summed E-state index contributed by atoms with van der Waals surface area (Å²) < 4.78 is 0.